The summed E-state index contributed by atoms with van der Waals surface area (Å²) in [6.45, 7) is 1.78. The van der Waals surface area contributed by atoms with E-state index in [1.807, 2.05) is 22.4 Å². The largest absolute Gasteiger partial charge is 0.478 e. The van der Waals surface area contributed by atoms with Crippen LogP contribution in [-0.4, -0.2) is 41.6 Å². The van der Waals surface area contributed by atoms with Crippen molar-refractivity contribution in [1.82, 2.24) is 4.90 Å². The van der Waals surface area contributed by atoms with Crippen molar-refractivity contribution >= 4 is 23.2 Å². The molecule has 24 heavy (non-hydrogen) atoms. The number of benzene rings is 1. The first kappa shape index (κ1) is 16.7. The van der Waals surface area contributed by atoms with Crippen LogP contribution in [0.2, 0.25) is 0 Å². The molecule has 1 N–H and O–H groups in total. The molecule has 0 unspecified atom stereocenters. The van der Waals surface area contributed by atoms with Gasteiger partial charge in [-0.05, 0) is 35.6 Å². The molecule has 2 heterocycles. The lowest BCUT2D eigenvalue weighted by molar-refractivity contribution is -0.138. The summed E-state index contributed by atoms with van der Waals surface area (Å²) in [5.74, 6) is -0.826. The summed E-state index contributed by atoms with van der Waals surface area (Å²) < 4.78 is 5.76. The third-order valence-electron chi connectivity index (χ3n) is 4.11. The molecule has 0 saturated carbocycles. The molecule has 1 amide bonds. The molecule has 1 aliphatic heterocycles. The van der Waals surface area contributed by atoms with E-state index in [1.165, 1.54) is 0 Å². The summed E-state index contributed by atoms with van der Waals surface area (Å²) in [5, 5.41) is 10.9. The number of hydrogen-bond acceptors (Lipinski definition) is 4. The number of aromatic carboxylic acids is 1. The number of carboxylic acid groups (broad SMARTS) is 1. The van der Waals surface area contributed by atoms with E-state index in [-0.39, 0.29) is 17.6 Å². The number of aryl methyl sites for hydroxylation is 1. The molecule has 3 rings (SSSR count). The first-order chi connectivity index (χ1) is 11.6. The van der Waals surface area contributed by atoms with Crippen LogP contribution in [0.1, 0.15) is 33.3 Å². The monoisotopic (exact) mass is 345 g/mol. The zero-order chi connectivity index (χ0) is 16.9. The van der Waals surface area contributed by atoms with Crippen LogP contribution in [0.3, 0.4) is 0 Å². The molecule has 1 atom stereocenters. The molecule has 0 spiro atoms. The number of carboxylic acids is 1. The van der Waals surface area contributed by atoms with Gasteiger partial charge in [-0.2, -0.15) is 0 Å². The standard InChI is InChI=1S/C18H19NO4S/c20-17(8-5-13-3-6-14(7-4-13)18(21)22)19-9-10-23-15(12-19)16-2-1-11-24-16/h1-4,6-7,11,15H,5,8-10,12H2,(H,21,22)/t15-/m0/s1. The van der Waals surface area contributed by atoms with Gasteiger partial charge in [0.2, 0.25) is 5.91 Å². The Balaban J connectivity index is 1.53. The molecule has 6 heteroatoms. The number of hydrogen-bond donors (Lipinski definition) is 1. The maximum atomic E-state index is 12.4. The second-order valence-electron chi connectivity index (χ2n) is 5.72. The van der Waals surface area contributed by atoms with Gasteiger partial charge >= 0.3 is 5.97 Å². The highest BCUT2D eigenvalue weighted by Crippen LogP contribution is 2.26. The fourth-order valence-corrected chi connectivity index (χ4v) is 3.51. The van der Waals surface area contributed by atoms with Gasteiger partial charge in [-0.3, -0.25) is 4.79 Å². The highest BCUT2D eigenvalue weighted by Gasteiger charge is 2.25. The molecule has 126 valence electrons. The Bertz CT molecular complexity index is 696. The summed E-state index contributed by atoms with van der Waals surface area (Å²) in [4.78, 5) is 26.3. The Hall–Kier alpha value is -2.18. The van der Waals surface area contributed by atoms with E-state index in [0.29, 0.717) is 32.5 Å². The van der Waals surface area contributed by atoms with Crippen LogP contribution in [0.25, 0.3) is 0 Å². The number of nitrogens with zero attached hydrogens (tertiary/aromatic N) is 1. The molecule has 0 bridgehead atoms. The van der Waals surface area contributed by atoms with E-state index in [2.05, 4.69) is 0 Å². The molecule has 1 aromatic heterocycles. The van der Waals surface area contributed by atoms with Crippen molar-refractivity contribution in [2.75, 3.05) is 19.7 Å². The van der Waals surface area contributed by atoms with Gasteiger partial charge in [0.1, 0.15) is 6.10 Å². The van der Waals surface area contributed by atoms with Crippen LogP contribution >= 0.6 is 11.3 Å². The van der Waals surface area contributed by atoms with E-state index in [0.717, 1.165) is 10.4 Å². The molecular formula is C18H19NO4S. The van der Waals surface area contributed by atoms with Gasteiger partial charge in [-0.25, -0.2) is 4.79 Å². The highest BCUT2D eigenvalue weighted by atomic mass is 32.1. The number of carbonyl (C=O) groups excluding carboxylic acids is 1. The lowest BCUT2D eigenvalue weighted by Crippen LogP contribution is -2.42. The number of thiophene rings is 1. The zero-order valence-electron chi connectivity index (χ0n) is 13.2. The van der Waals surface area contributed by atoms with E-state index in [1.54, 1.807) is 35.6 Å². The first-order valence-corrected chi connectivity index (χ1v) is 8.76. The number of morpholine rings is 1. The minimum atomic E-state index is -0.939. The van der Waals surface area contributed by atoms with Crippen molar-refractivity contribution in [2.45, 2.75) is 18.9 Å². The van der Waals surface area contributed by atoms with Crippen molar-refractivity contribution < 1.29 is 19.4 Å². The number of rotatable bonds is 5. The molecule has 1 saturated heterocycles. The Morgan fingerprint density at radius 3 is 2.71 bits per heavy atom. The van der Waals surface area contributed by atoms with E-state index in [4.69, 9.17) is 9.84 Å². The quantitative estimate of drug-likeness (QED) is 0.905. The molecule has 5 nitrogen and oxygen atoms in total. The Morgan fingerprint density at radius 1 is 1.25 bits per heavy atom. The van der Waals surface area contributed by atoms with Crippen LogP contribution < -0.4 is 0 Å². The summed E-state index contributed by atoms with van der Waals surface area (Å²) in [7, 11) is 0. The summed E-state index contributed by atoms with van der Waals surface area (Å²) in [6, 6.07) is 10.7. The smallest absolute Gasteiger partial charge is 0.335 e. The average Bonchev–Trinajstić information content (AvgIpc) is 3.15. The summed E-state index contributed by atoms with van der Waals surface area (Å²) in [6.07, 6.45) is 1.00. The molecular weight excluding hydrogens is 326 g/mol. The van der Waals surface area contributed by atoms with E-state index >= 15 is 0 Å². The van der Waals surface area contributed by atoms with Gasteiger partial charge in [-0.15, -0.1) is 11.3 Å². The van der Waals surface area contributed by atoms with Crippen LogP contribution in [0.15, 0.2) is 41.8 Å². The maximum Gasteiger partial charge on any atom is 0.335 e. The second kappa shape index (κ2) is 7.59. The molecule has 1 aromatic carbocycles. The number of amides is 1. The van der Waals surface area contributed by atoms with Gasteiger partial charge in [0.25, 0.3) is 0 Å². The van der Waals surface area contributed by atoms with Gasteiger partial charge in [0.15, 0.2) is 0 Å². The van der Waals surface area contributed by atoms with Gasteiger partial charge < -0.3 is 14.7 Å². The van der Waals surface area contributed by atoms with Crippen LogP contribution in [0.5, 0.6) is 0 Å². The lowest BCUT2D eigenvalue weighted by atomic mass is 10.1. The third-order valence-corrected chi connectivity index (χ3v) is 5.07. The van der Waals surface area contributed by atoms with Crippen molar-refractivity contribution in [1.29, 1.82) is 0 Å². The fourth-order valence-electron chi connectivity index (χ4n) is 2.75. The minimum Gasteiger partial charge on any atom is -0.478 e. The van der Waals surface area contributed by atoms with Gasteiger partial charge in [0.05, 0.1) is 18.7 Å². The number of ether oxygens (including phenoxy) is 1. The van der Waals surface area contributed by atoms with Crippen LogP contribution in [0, 0.1) is 0 Å². The van der Waals surface area contributed by atoms with Crippen molar-refractivity contribution in [3.63, 3.8) is 0 Å². The predicted molar refractivity (Wildman–Crippen MR) is 91.3 cm³/mol. The first-order valence-electron chi connectivity index (χ1n) is 7.88. The van der Waals surface area contributed by atoms with Crippen LogP contribution in [-0.2, 0) is 16.0 Å². The zero-order valence-corrected chi connectivity index (χ0v) is 14.0. The Kier molecular flexibility index (Phi) is 5.27. The van der Waals surface area contributed by atoms with Gasteiger partial charge in [0, 0.05) is 17.8 Å². The molecule has 1 fully saturated rings. The normalized spacial score (nSPS) is 17.7. The lowest BCUT2D eigenvalue weighted by Gasteiger charge is -2.32. The van der Waals surface area contributed by atoms with E-state index in [9.17, 15) is 9.59 Å². The molecule has 0 aliphatic carbocycles. The average molecular weight is 345 g/mol. The molecule has 0 radical (unpaired) electrons. The number of carbonyl (C=O) groups is 2. The summed E-state index contributed by atoms with van der Waals surface area (Å²) >= 11 is 1.65. The predicted octanol–water partition coefficient (Wildman–Crippen LogP) is 2.98. The van der Waals surface area contributed by atoms with Crippen molar-refractivity contribution in [2.24, 2.45) is 0 Å². The SMILES string of the molecule is O=C(O)c1ccc(CCC(=O)N2CCO[C@H](c3cccs3)C2)cc1. The minimum absolute atomic E-state index is 0.0300. The second-order valence-corrected chi connectivity index (χ2v) is 6.70. The summed E-state index contributed by atoms with van der Waals surface area (Å²) in [5.41, 5.74) is 1.23. The van der Waals surface area contributed by atoms with E-state index < -0.39 is 5.97 Å². The molecule has 2 aromatic rings. The van der Waals surface area contributed by atoms with Crippen LogP contribution in [0.4, 0.5) is 0 Å². The van der Waals surface area contributed by atoms with Gasteiger partial charge in [-0.1, -0.05) is 18.2 Å². The maximum absolute atomic E-state index is 12.4. The van der Waals surface area contributed by atoms with Crippen molar-refractivity contribution in [3.8, 4) is 0 Å². The topological polar surface area (TPSA) is 66.8 Å². The Morgan fingerprint density at radius 2 is 2.04 bits per heavy atom. The highest BCUT2D eigenvalue weighted by molar-refractivity contribution is 7.10. The molecule has 1 aliphatic rings. The Labute approximate surface area is 144 Å². The fraction of sp³-hybridized carbons (Fsp3) is 0.333. The van der Waals surface area contributed by atoms with Crippen molar-refractivity contribution in [3.05, 3.63) is 57.8 Å². The third kappa shape index (κ3) is 4.01.